The molecule has 1 fully saturated rings. The number of piperidine rings is 1. The van der Waals surface area contributed by atoms with Crippen molar-refractivity contribution in [1.82, 2.24) is 15.5 Å². The van der Waals surface area contributed by atoms with Crippen LogP contribution in [0.4, 0.5) is 13.2 Å². The summed E-state index contributed by atoms with van der Waals surface area (Å²) < 4.78 is 43.3. The highest BCUT2D eigenvalue weighted by atomic mass is 19.4. The van der Waals surface area contributed by atoms with E-state index < -0.39 is 11.7 Å². The second-order valence-electron chi connectivity index (χ2n) is 6.91. The van der Waals surface area contributed by atoms with E-state index in [0.29, 0.717) is 24.1 Å². The summed E-state index contributed by atoms with van der Waals surface area (Å²) >= 11 is 0. The van der Waals surface area contributed by atoms with Crippen LogP contribution in [-0.2, 0) is 10.9 Å². The molecule has 0 radical (unpaired) electrons. The van der Waals surface area contributed by atoms with Crippen LogP contribution in [0, 0.1) is 11.8 Å². The molecule has 0 aromatic heterocycles. The average Bonchev–Trinajstić information content (AvgIpc) is 2.71. The lowest BCUT2D eigenvalue weighted by molar-refractivity contribution is -0.137. The molecule has 2 N–H and O–H groups in total. The average molecular weight is 410 g/mol. The molecule has 1 aromatic carbocycles. The topological polar surface area (TPSA) is 48.9 Å². The Balaban J connectivity index is 1.75. The minimum absolute atomic E-state index is 0.297. The van der Waals surface area contributed by atoms with Crippen LogP contribution < -0.4 is 10.6 Å². The van der Waals surface area contributed by atoms with Crippen molar-refractivity contribution in [2.75, 3.05) is 46.9 Å². The summed E-state index contributed by atoms with van der Waals surface area (Å²) in [5.41, 5.74) is -0.353. The van der Waals surface area contributed by atoms with E-state index in [1.54, 1.807) is 20.2 Å². The first-order chi connectivity index (χ1) is 13.9. The zero-order chi connectivity index (χ0) is 21.1. The van der Waals surface area contributed by atoms with Gasteiger partial charge < -0.3 is 20.3 Å². The van der Waals surface area contributed by atoms with E-state index in [1.807, 2.05) is 0 Å². The van der Waals surface area contributed by atoms with Crippen molar-refractivity contribution in [2.24, 2.45) is 4.99 Å². The Kier molecular flexibility index (Phi) is 9.29. The standard InChI is InChI=1S/C21H29F3N4O/c1-25-20(27-19-9-13-28(14-10-19)12-5-15-29-2)26-11-4-7-17-6-3-8-18(16-17)21(22,23)24/h3,6,8,16,19H,5,9-15H2,1-2H3,(H2,25,26,27). The van der Waals surface area contributed by atoms with Gasteiger partial charge in [-0.2, -0.15) is 13.2 Å². The maximum atomic E-state index is 12.7. The van der Waals surface area contributed by atoms with Crippen LogP contribution in [0.1, 0.15) is 30.4 Å². The fourth-order valence-corrected chi connectivity index (χ4v) is 3.17. The number of benzene rings is 1. The fourth-order valence-electron chi connectivity index (χ4n) is 3.17. The summed E-state index contributed by atoms with van der Waals surface area (Å²) in [5.74, 6) is 6.26. The Morgan fingerprint density at radius 2 is 2.07 bits per heavy atom. The second-order valence-corrected chi connectivity index (χ2v) is 6.91. The molecule has 0 aliphatic carbocycles. The van der Waals surface area contributed by atoms with Gasteiger partial charge in [-0.3, -0.25) is 4.99 Å². The van der Waals surface area contributed by atoms with Crippen LogP contribution >= 0.6 is 0 Å². The summed E-state index contributed by atoms with van der Waals surface area (Å²) in [5, 5.41) is 6.49. The molecule has 8 heteroatoms. The molecule has 0 unspecified atom stereocenters. The van der Waals surface area contributed by atoms with Crippen LogP contribution in [0.3, 0.4) is 0 Å². The van der Waals surface area contributed by atoms with E-state index in [2.05, 4.69) is 32.4 Å². The number of guanidine groups is 1. The lowest BCUT2D eigenvalue weighted by Crippen LogP contribution is -2.48. The molecule has 29 heavy (non-hydrogen) atoms. The van der Waals surface area contributed by atoms with Gasteiger partial charge in [0.15, 0.2) is 5.96 Å². The summed E-state index contributed by atoms with van der Waals surface area (Å²) in [6.07, 6.45) is -1.25. The Morgan fingerprint density at radius 1 is 1.31 bits per heavy atom. The largest absolute Gasteiger partial charge is 0.416 e. The molecule has 0 spiro atoms. The predicted octanol–water partition coefficient (Wildman–Crippen LogP) is 2.72. The zero-order valence-electron chi connectivity index (χ0n) is 17.0. The highest BCUT2D eigenvalue weighted by molar-refractivity contribution is 5.80. The van der Waals surface area contributed by atoms with Crippen molar-refractivity contribution < 1.29 is 17.9 Å². The Hall–Kier alpha value is -2.24. The Labute approximate surface area is 170 Å². The molecule has 5 nitrogen and oxygen atoms in total. The van der Waals surface area contributed by atoms with Crippen LogP contribution in [0.25, 0.3) is 0 Å². The quantitative estimate of drug-likeness (QED) is 0.328. The lowest BCUT2D eigenvalue weighted by Gasteiger charge is -2.32. The van der Waals surface area contributed by atoms with Crippen molar-refractivity contribution >= 4 is 5.96 Å². The van der Waals surface area contributed by atoms with Gasteiger partial charge in [0, 0.05) is 52.0 Å². The maximum absolute atomic E-state index is 12.7. The van der Waals surface area contributed by atoms with Crippen LogP contribution in [0.15, 0.2) is 29.3 Å². The third-order valence-electron chi connectivity index (χ3n) is 4.74. The van der Waals surface area contributed by atoms with Gasteiger partial charge in [0.05, 0.1) is 12.1 Å². The monoisotopic (exact) mass is 410 g/mol. The molecular formula is C21H29F3N4O. The molecule has 1 heterocycles. The van der Waals surface area contributed by atoms with Gasteiger partial charge in [0.25, 0.3) is 0 Å². The van der Waals surface area contributed by atoms with Crippen LogP contribution in [0.5, 0.6) is 0 Å². The van der Waals surface area contributed by atoms with E-state index in [9.17, 15) is 13.2 Å². The predicted molar refractivity (Wildman–Crippen MR) is 109 cm³/mol. The van der Waals surface area contributed by atoms with Crippen molar-refractivity contribution in [3.05, 3.63) is 35.4 Å². The summed E-state index contributed by atoms with van der Waals surface area (Å²) in [6, 6.07) is 5.37. The maximum Gasteiger partial charge on any atom is 0.416 e. The Morgan fingerprint density at radius 3 is 2.72 bits per heavy atom. The number of rotatable bonds is 6. The number of nitrogens with zero attached hydrogens (tertiary/aromatic N) is 2. The summed E-state index contributed by atoms with van der Waals surface area (Å²) in [6.45, 7) is 4.21. The summed E-state index contributed by atoms with van der Waals surface area (Å²) in [4.78, 5) is 6.64. The first-order valence-electron chi connectivity index (χ1n) is 9.77. The third-order valence-corrected chi connectivity index (χ3v) is 4.74. The van der Waals surface area contributed by atoms with Gasteiger partial charge in [-0.15, -0.1) is 0 Å². The minimum atomic E-state index is -4.36. The molecule has 0 bridgehead atoms. The van der Waals surface area contributed by atoms with E-state index in [4.69, 9.17) is 4.74 Å². The number of hydrogen-bond acceptors (Lipinski definition) is 3. The zero-order valence-corrected chi connectivity index (χ0v) is 17.0. The van der Waals surface area contributed by atoms with Gasteiger partial charge in [0.1, 0.15) is 0 Å². The highest BCUT2D eigenvalue weighted by Gasteiger charge is 2.30. The van der Waals surface area contributed by atoms with Crippen molar-refractivity contribution in [1.29, 1.82) is 0 Å². The van der Waals surface area contributed by atoms with Crippen molar-refractivity contribution in [3.8, 4) is 11.8 Å². The van der Waals surface area contributed by atoms with E-state index in [-0.39, 0.29) is 0 Å². The normalized spacial score (nSPS) is 16.2. The molecule has 2 rings (SSSR count). The van der Waals surface area contributed by atoms with E-state index in [0.717, 1.165) is 57.6 Å². The minimum Gasteiger partial charge on any atom is -0.385 e. The number of hydrogen-bond donors (Lipinski definition) is 2. The van der Waals surface area contributed by atoms with E-state index in [1.165, 1.54) is 6.07 Å². The highest BCUT2D eigenvalue weighted by Crippen LogP contribution is 2.29. The van der Waals surface area contributed by atoms with E-state index >= 15 is 0 Å². The van der Waals surface area contributed by atoms with Gasteiger partial charge in [-0.1, -0.05) is 17.9 Å². The number of likely N-dealkylation sites (tertiary alicyclic amines) is 1. The number of alkyl halides is 3. The third kappa shape index (κ3) is 8.34. The first-order valence-corrected chi connectivity index (χ1v) is 9.77. The Bertz CT molecular complexity index is 717. The van der Waals surface area contributed by atoms with Crippen LogP contribution in [0.2, 0.25) is 0 Å². The molecular weight excluding hydrogens is 381 g/mol. The van der Waals surface area contributed by atoms with Gasteiger partial charge >= 0.3 is 6.18 Å². The fraction of sp³-hybridized carbons (Fsp3) is 0.571. The van der Waals surface area contributed by atoms with Crippen LogP contribution in [-0.4, -0.2) is 63.8 Å². The lowest BCUT2D eigenvalue weighted by atomic mass is 10.1. The first kappa shape index (κ1) is 23.0. The molecule has 1 aromatic rings. The summed E-state index contributed by atoms with van der Waals surface area (Å²) in [7, 11) is 3.41. The molecule has 160 valence electrons. The molecule has 0 atom stereocenters. The number of ether oxygens (including phenoxy) is 1. The molecule has 1 aliphatic heterocycles. The van der Waals surface area contributed by atoms with Gasteiger partial charge in [0.2, 0.25) is 0 Å². The SMILES string of the molecule is CN=C(NCC#Cc1cccc(C(F)(F)F)c1)NC1CCN(CCCOC)CC1. The molecule has 0 amide bonds. The second kappa shape index (κ2) is 11.7. The van der Waals surface area contributed by atoms with Crippen molar-refractivity contribution in [2.45, 2.75) is 31.5 Å². The number of aliphatic imine (C=N–C) groups is 1. The number of methoxy groups -OCH3 is 1. The smallest absolute Gasteiger partial charge is 0.385 e. The molecule has 0 saturated carbocycles. The number of nitrogens with one attached hydrogen (secondary N) is 2. The van der Waals surface area contributed by atoms with Crippen molar-refractivity contribution in [3.63, 3.8) is 0 Å². The van der Waals surface area contributed by atoms with Gasteiger partial charge in [-0.05, 0) is 37.5 Å². The molecule has 1 aliphatic rings. The number of halogens is 3. The van der Waals surface area contributed by atoms with Gasteiger partial charge in [-0.25, -0.2) is 0 Å². The molecule has 1 saturated heterocycles.